The number of aromatic nitrogens is 2. The maximum Gasteiger partial charge on any atom is 0.335 e. The molecule has 2 aromatic rings. The number of anilines is 2. The molecule has 0 saturated carbocycles. The summed E-state index contributed by atoms with van der Waals surface area (Å²) in [7, 11) is 0. The maximum absolute atomic E-state index is 11.7. The van der Waals surface area contributed by atoms with Crippen LogP contribution in [0.2, 0.25) is 0 Å². The molecule has 1 aromatic heterocycles. The molecular weight excluding hydrogens is 328 g/mol. The van der Waals surface area contributed by atoms with E-state index in [4.69, 9.17) is 5.11 Å². The molecule has 1 heterocycles. The predicted molar refractivity (Wildman–Crippen MR) is 75.8 cm³/mol. The number of hydrogen-bond donors (Lipinski definition) is 3. The highest BCUT2D eigenvalue weighted by Crippen LogP contribution is 2.23. The summed E-state index contributed by atoms with van der Waals surface area (Å²) in [6.45, 7) is 0. The summed E-state index contributed by atoms with van der Waals surface area (Å²) in [6.07, 6.45) is 2.98. The highest BCUT2D eigenvalue weighted by molar-refractivity contribution is 9.10. The lowest BCUT2D eigenvalue weighted by atomic mass is 10.2. The number of carbonyl (C=O) groups excluding carboxylic acids is 1. The standard InChI is InChI=1S/C12H9BrN4O3/c13-8-3-2-7(10(18)19)6-9(8)16-12(20)17-11-14-4-1-5-15-11/h1-6H,(H,18,19)(H2,14,15,16,17,20). The highest BCUT2D eigenvalue weighted by Gasteiger charge is 2.10. The molecule has 0 radical (unpaired) electrons. The Morgan fingerprint density at radius 1 is 1.15 bits per heavy atom. The van der Waals surface area contributed by atoms with Gasteiger partial charge in [-0.2, -0.15) is 0 Å². The van der Waals surface area contributed by atoms with Crippen LogP contribution < -0.4 is 10.6 Å². The lowest BCUT2D eigenvalue weighted by molar-refractivity contribution is 0.0697. The minimum Gasteiger partial charge on any atom is -0.478 e. The molecule has 102 valence electrons. The van der Waals surface area contributed by atoms with E-state index < -0.39 is 12.0 Å². The Balaban J connectivity index is 2.11. The van der Waals surface area contributed by atoms with Crippen molar-refractivity contribution in [1.82, 2.24) is 9.97 Å². The molecule has 2 amide bonds. The van der Waals surface area contributed by atoms with Crippen molar-refractivity contribution in [1.29, 1.82) is 0 Å². The van der Waals surface area contributed by atoms with E-state index in [9.17, 15) is 9.59 Å². The second kappa shape index (κ2) is 6.11. The summed E-state index contributed by atoms with van der Waals surface area (Å²) >= 11 is 3.23. The van der Waals surface area contributed by atoms with Crippen LogP contribution in [0, 0.1) is 0 Å². The summed E-state index contributed by atoms with van der Waals surface area (Å²) in [5, 5.41) is 13.8. The van der Waals surface area contributed by atoms with Gasteiger partial charge in [-0.15, -0.1) is 0 Å². The quantitative estimate of drug-likeness (QED) is 0.799. The number of amides is 2. The van der Waals surface area contributed by atoms with Gasteiger partial charge in [0.25, 0.3) is 0 Å². The SMILES string of the molecule is O=C(Nc1ncccn1)Nc1cc(C(=O)O)ccc1Br. The zero-order chi connectivity index (χ0) is 14.5. The molecule has 0 aliphatic rings. The van der Waals surface area contributed by atoms with Crippen LogP contribution in [-0.2, 0) is 0 Å². The second-order valence-electron chi connectivity index (χ2n) is 3.65. The molecule has 0 bridgehead atoms. The van der Waals surface area contributed by atoms with Crippen LogP contribution in [0.3, 0.4) is 0 Å². The third-order valence-corrected chi connectivity index (χ3v) is 2.94. The van der Waals surface area contributed by atoms with E-state index in [2.05, 4.69) is 36.5 Å². The summed E-state index contributed by atoms with van der Waals surface area (Å²) < 4.78 is 0.562. The fourth-order valence-corrected chi connectivity index (χ4v) is 1.72. The number of nitrogens with zero attached hydrogens (tertiary/aromatic N) is 2. The molecule has 0 spiro atoms. The van der Waals surface area contributed by atoms with Gasteiger partial charge in [-0.05, 0) is 40.2 Å². The van der Waals surface area contributed by atoms with Crippen LogP contribution in [-0.4, -0.2) is 27.1 Å². The highest BCUT2D eigenvalue weighted by atomic mass is 79.9. The summed E-state index contributed by atoms with van der Waals surface area (Å²) in [5.41, 5.74) is 0.401. The minimum atomic E-state index is -1.08. The lowest BCUT2D eigenvalue weighted by Crippen LogP contribution is -2.21. The molecule has 0 aliphatic heterocycles. The van der Waals surface area contributed by atoms with Crippen LogP contribution in [0.5, 0.6) is 0 Å². The largest absolute Gasteiger partial charge is 0.478 e. The van der Waals surface area contributed by atoms with Crippen LogP contribution in [0.15, 0.2) is 41.1 Å². The summed E-state index contributed by atoms with van der Waals surface area (Å²) in [4.78, 5) is 30.3. The first-order valence-electron chi connectivity index (χ1n) is 5.44. The average Bonchev–Trinajstić information content (AvgIpc) is 2.42. The first kappa shape index (κ1) is 13.9. The first-order valence-corrected chi connectivity index (χ1v) is 6.23. The van der Waals surface area contributed by atoms with E-state index in [-0.39, 0.29) is 11.5 Å². The third kappa shape index (κ3) is 3.51. The molecule has 1 aromatic carbocycles. The number of hydrogen-bond acceptors (Lipinski definition) is 4. The molecule has 0 atom stereocenters. The van der Waals surface area contributed by atoms with Crippen LogP contribution in [0.4, 0.5) is 16.4 Å². The van der Waals surface area contributed by atoms with Gasteiger partial charge in [0.1, 0.15) is 0 Å². The molecular formula is C12H9BrN4O3. The Hall–Kier alpha value is -2.48. The van der Waals surface area contributed by atoms with Crippen LogP contribution in [0.1, 0.15) is 10.4 Å². The van der Waals surface area contributed by atoms with Crippen molar-refractivity contribution in [3.8, 4) is 0 Å². The van der Waals surface area contributed by atoms with Crippen molar-refractivity contribution >= 4 is 39.6 Å². The van der Waals surface area contributed by atoms with Gasteiger partial charge < -0.3 is 10.4 Å². The number of carboxylic acid groups (broad SMARTS) is 1. The smallest absolute Gasteiger partial charge is 0.335 e. The van der Waals surface area contributed by atoms with Gasteiger partial charge in [-0.25, -0.2) is 19.6 Å². The molecule has 2 rings (SSSR count). The molecule has 20 heavy (non-hydrogen) atoms. The molecule has 3 N–H and O–H groups in total. The fourth-order valence-electron chi connectivity index (χ4n) is 1.37. The number of carboxylic acids is 1. The molecule has 8 heteroatoms. The van der Waals surface area contributed by atoms with Gasteiger partial charge >= 0.3 is 12.0 Å². The van der Waals surface area contributed by atoms with Crippen LogP contribution >= 0.6 is 15.9 Å². The fraction of sp³-hybridized carbons (Fsp3) is 0. The number of halogens is 1. The normalized spacial score (nSPS) is 9.85. The van der Waals surface area contributed by atoms with Crippen molar-refractivity contribution in [2.24, 2.45) is 0 Å². The number of carbonyl (C=O) groups is 2. The van der Waals surface area contributed by atoms with Gasteiger partial charge in [0.05, 0.1) is 11.3 Å². The van der Waals surface area contributed by atoms with Gasteiger partial charge in [0.2, 0.25) is 5.95 Å². The number of rotatable bonds is 3. The van der Waals surface area contributed by atoms with Gasteiger partial charge in [0, 0.05) is 16.9 Å². The van der Waals surface area contributed by atoms with Crippen molar-refractivity contribution in [3.05, 3.63) is 46.7 Å². The Morgan fingerprint density at radius 3 is 2.50 bits per heavy atom. The monoisotopic (exact) mass is 336 g/mol. The molecule has 0 unspecified atom stereocenters. The van der Waals surface area contributed by atoms with E-state index in [1.165, 1.54) is 30.6 Å². The zero-order valence-electron chi connectivity index (χ0n) is 10.0. The number of urea groups is 1. The van der Waals surface area contributed by atoms with Crippen LogP contribution in [0.25, 0.3) is 0 Å². The average molecular weight is 337 g/mol. The van der Waals surface area contributed by atoms with E-state index in [0.29, 0.717) is 10.2 Å². The topological polar surface area (TPSA) is 104 Å². The summed E-state index contributed by atoms with van der Waals surface area (Å²) in [5.74, 6) is -0.928. The van der Waals surface area contributed by atoms with E-state index in [1.54, 1.807) is 6.07 Å². The van der Waals surface area contributed by atoms with Gasteiger partial charge in [-0.1, -0.05) is 0 Å². The maximum atomic E-state index is 11.7. The summed E-state index contributed by atoms with van der Waals surface area (Å²) in [6, 6.07) is 5.36. The van der Waals surface area contributed by atoms with E-state index in [0.717, 1.165) is 0 Å². The second-order valence-corrected chi connectivity index (χ2v) is 4.51. The van der Waals surface area contributed by atoms with Crippen molar-refractivity contribution in [3.63, 3.8) is 0 Å². The number of nitrogens with one attached hydrogen (secondary N) is 2. The Kier molecular flexibility index (Phi) is 4.26. The molecule has 7 nitrogen and oxygen atoms in total. The molecule has 0 aliphatic carbocycles. The van der Waals surface area contributed by atoms with Gasteiger partial charge in [-0.3, -0.25) is 5.32 Å². The van der Waals surface area contributed by atoms with Crippen molar-refractivity contribution < 1.29 is 14.7 Å². The molecule has 0 fully saturated rings. The Morgan fingerprint density at radius 2 is 1.85 bits per heavy atom. The predicted octanol–water partition coefficient (Wildman–Crippen LogP) is 2.58. The van der Waals surface area contributed by atoms with E-state index in [1.807, 2.05) is 0 Å². The Bertz CT molecular complexity index is 648. The minimum absolute atomic E-state index is 0.0689. The van der Waals surface area contributed by atoms with Crippen molar-refractivity contribution in [2.75, 3.05) is 10.6 Å². The third-order valence-electron chi connectivity index (χ3n) is 2.25. The number of aromatic carboxylic acids is 1. The Labute approximate surface area is 122 Å². The number of benzene rings is 1. The zero-order valence-corrected chi connectivity index (χ0v) is 11.6. The van der Waals surface area contributed by atoms with Crippen molar-refractivity contribution in [2.45, 2.75) is 0 Å². The van der Waals surface area contributed by atoms with E-state index >= 15 is 0 Å². The molecule has 0 saturated heterocycles. The first-order chi connectivity index (χ1) is 9.56. The lowest BCUT2D eigenvalue weighted by Gasteiger charge is -2.08. The van der Waals surface area contributed by atoms with Gasteiger partial charge in [0.15, 0.2) is 0 Å².